The van der Waals surface area contributed by atoms with Gasteiger partial charge in [0, 0.05) is 22.7 Å². The normalized spacial score (nSPS) is 15.5. The lowest BCUT2D eigenvalue weighted by atomic mass is 10.1. The molecule has 1 aliphatic rings. The molecule has 22 heavy (non-hydrogen) atoms. The van der Waals surface area contributed by atoms with Crippen LogP contribution in [-0.4, -0.2) is 15.9 Å². The van der Waals surface area contributed by atoms with Crippen molar-refractivity contribution < 1.29 is 9.53 Å². The van der Waals surface area contributed by atoms with Crippen molar-refractivity contribution in [3.63, 3.8) is 0 Å². The average Bonchev–Trinajstić information content (AvgIpc) is 2.92. The molecule has 0 bridgehead atoms. The van der Waals surface area contributed by atoms with Crippen molar-refractivity contribution in [2.45, 2.75) is 0 Å². The molecule has 2 N–H and O–H groups in total. The molecule has 1 amide bonds. The minimum atomic E-state index is -0.354. The van der Waals surface area contributed by atoms with E-state index < -0.39 is 0 Å². The first-order valence-electron chi connectivity index (χ1n) is 6.64. The third-order valence-corrected chi connectivity index (χ3v) is 3.62. The van der Waals surface area contributed by atoms with E-state index in [9.17, 15) is 4.79 Å². The molecule has 0 radical (unpaired) electrons. The smallest absolute Gasteiger partial charge is 0.292 e. The summed E-state index contributed by atoms with van der Waals surface area (Å²) in [4.78, 5) is 19.3. The van der Waals surface area contributed by atoms with E-state index in [1.165, 1.54) is 0 Å². The van der Waals surface area contributed by atoms with E-state index in [1.54, 1.807) is 18.2 Å². The molecule has 4 rings (SSSR count). The van der Waals surface area contributed by atoms with Crippen LogP contribution < -0.4 is 10.1 Å². The van der Waals surface area contributed by atoms with Crippen LogP contribution in [0, 0.1) is 0 Å². The Morgan fingerprint density at radius 3 is 2.95 bits per heavy atom. The fraction of sp³-hybridized carbons (Fsp3) is 0. The molecule has 0 saturated carbocycles. The summed E-state index contributed by atoms with van der Waals surface area (Å²) in [6.45, 7) is 0. The van der Waals surface area contributed by atoms with E-state index in [1.807, 2.05) is 30.5 Å². The second-order valence-electron chi connectivity index (χ2n) is 4.84. The third-order valence-electron chi connectivity index (χ3n) is 3.41. The summed E-state index contributed by atoms with van der Waals surface area (Å²) < 4.78 is 5.64. The van der Waals surface area contributed by atoms with E-state index >= 15 is 0 Å². The number of ether oxygens (including phenoxy) is 1. The Labute approximate surface area is 130 Å². The molecule has 3 heterocycles. The van der Waals surface area contributed by atoms with E-state index in [0.717, 1.165) is 16.5 Å². The van der Waals surface area contributed by atoms with Crippen LogP contribution in [0.5, 0.6) is 5.75 Å². The van der Waals surface area contributed by atoms with Gasteiger partial charge in [-0.15, -0.1) is 0 Å². The number of hydrogen-bond donors (Lipinski definition) is 2. The van der Waals surface area contributed by atoms with Crippen molar-refractivity contribution >= 4 is 40.3 Å². The maximum Gasteiger partial charge on any atom is 0.292 e. The van der Waals surface area contributed by atoms with Gasteiger partial charge in [0.25, 0.3) is 5.91 Å². The zero-order valence-corrected chi connectivity index (χ0v) is 12.0. The molecule has 1 aliphatic heterocycles. The van der Waals surface area contributed by atoms with E-state index in [4.69, 9.17) is 16.3 Å². The van der Waals surface area contributed by atoms with Crippen LogP contribution in [0.15, 0.2) is 48.4 Å². The van der Waals surface area contributed by atoms with Crippen molar-refractivity contribution in [3.05, 3.63) is 59.1 Å². The number of carbonyl (C=O) groups excluding carboxylic acids is 1. The summed E-state index contributed by atoms with van der Waals surface area (Å²) in [5, 5.41) is 3.99. The predicted octanol–water partition coefficient (Wildman–Crippen LogP) is 3.59. The Morgan fingerprint density at radius 1 is 1.18 bits per heavy atom. The summed E-state index contributed by atoms with van der Waals surface area (Å²) in [5.74, 6) is 0.651. The molecular weight excluding hydrogens is 302 g/mol. The highest BCUT2D eigenvalue weighted by Gasteiger charge is 2.23. The molecule has 5 nitrogen and oxygen atoms in total. The topological polar surface area (TPSA) is 67.0 Å². The van der Waals surface area contributed by atoms with Crippen molar-refractivity contribution in [1.29, 1.82) is 0 Å². The van der Waals surface area contributed by atoms with E-state index in [0.29, 0.717) is 16.7 Å². The van der Waals surface area contributed by atoms with Gasteiger partial charge < -0.3 is 15.0 Å². The monoisotopic (exact) mass is 311 g/mol. The number of hydrogen-bond acceptors (Lipinski definition) is 3. The Kier molecular flexibility index (Phi) is 2.87. The Morgan fingerprint density at radius 2 is 2.05 bits per heavy atom. The van der Waals surface area contributed by atoms with Gasteiger partial charge in [0.05, 0.1) is 0 Å². The lowest BCUT2D eigenvalue weighted by Gasteiger charge is -2.18. The number of carbonyl (C=O) groups is 1. The van der Waals surface area contributed by atoms with Gasteiger partial charge in [0.2, 0.25) is 0 Å². The Balaban J connectivity index is 1.76. The van der Waals surface area contributed by atoms with Gasteiger partial charge in [-0.25, -0.2) is 4.98 Å². The predicted molar refractivity (Wildman–Crippen MR) is 84.8 cm³/mol. The highest BCUT2D eigenvalue weighted by molar-refractivity contribution is 6.29. The number of amides is 1. The number of anilines is 1. The van der Waals surface area contributed by atoms with Crippen LogP contribution >= 0.6 is 11.6 Å². The number of rotatable bonds is 1. The van der Waals surface area contributed by atoms with Gasteiger partial charge in [0.15, 0.2) is 17.3 Å². The van der Waals surface area contributed by atoms with Crippen molar-refractivity contribution in [1.82, 2.24) is 9.97 Å². The summed E-state index contributed by atoms with van der Waals surface area (Å²) in [6, 6.07) is 11.1. The van der Waals surface area contributed by atoms with Gasteiger partial charge in [-0.1, -0.05) is 29.8 Å². The van der Waals surface area contributed by atoms with Crippen LogP contribution in [0.1, 0.15) is 5.56 Å². The zero-order valence-electron chi connectivity index (χ0n) is 11.3. The van der Waals surface area contributed by atoms with Crippen LogP contribution in [0.3, 0.4) is 0 Å². The van der Waals surface area contributed by atoms with Crippen LogP contribution in [0.25, 0.3) is 17.0 Å². The first-order valence-corrected chi connectivity index (χ1v) is 7.02. The van der Waals surface area contributed by atoms with E-state index in [-0.39, 0.29) is 11.7 Å². The molecule has 0 saturated heterocycles. The fourth-order valence-corrected chi connectivity index (χ4v) is 2.53. The summed E-state index contributed by atoms with van der Waals surface area (Å²) in [5.41, 5.74) is 1.88. The number of nitrogens with one attached hydrogen (secondary N) is 2. The largest absolute Gasteiger partial charge is 0.448 e. The standard InChI is InChI=1S/C16H10ClN3O2/c17-14-6-5-12-15(19-14)20-16(21)13(22-12)7-9-8-18-11-4-2-1-3-10(9)11/h1-8,18H,(H,19,20,21). The van der Waals surface area contributed by atoms with Gasteiger partial charge >= 0.3 is 0 Å². The van der Waals surface area contributed by atoms with Gasteiger partial charge in [-0.3, -0.25) is 4.79 Å². The van der Waals surface area contributed by atoms with Crippen molar-refractivity contribution in [2.75, 3.05) is 5.32 Å². The maximum absolute atomic E-state index is 12.1. The number of aromatic nitrogens is 2. The molecule has 0 aliphatic carbocycles. The van der Waals surface area contributed by atoms with Crippen LogP contribution in [-0.2, 0) is 4.79 Å². The van der Waals surface area contributed by atoms with Crippen molar-refractivity contribution in [2.24, 2.45) is 0 Å². The lowest BCUT2D eigenvalue weighted by molar-refractivity contribution is -0.115. The first-order chi connectivity index (χ1) is 10.7. The molecule has 0 unspecified atom stereocenters. The number of aromatic amines is 1. The number of H-pyrrole nitrogens is 1. The van der Waals surface area contributed by atoms with Crippen LogP contribution in [0.2, 0.25) is 5.15 Å². The summed E-state index contributed by atoms with van der Waals surface area (Å²) >= 11 is 5.80. The molecule has 0 spiro atoms. The Bertz CT molecular complexity index is 930. The molecule has 0 atom stereocenters. The Hall–Kier alpha value is -2.79. The zero-order chi connectivity index (χ0) is 15.1. The van der Waals surface area contributed by atoms with Gasteiger partial charge in [0.1, 0.15) is 5.15 Å². The van der Waals surface area contributed by atoms with Crippen molar-refractivity contribution in [3.8, 4) is 5.75 Å². The second-order valence-corrected chi connectivity index (χ2v) is 5.22. The minimum absolute atomic E-state index is 0.210. The number of para-hydroxylation sites is 1. The highest BCUT2D eigenvalue weighted by Crippen LogP contribution is 2.31. The highest BCUT2D eigenvalue weighted by atomic mass is 35.5. The fourth-order valence-electron chi connectivity index (χ4n) is 2.38. The quantitative estimate of drug-likeness (QED) is 0.533. The molecule has 1 aromatic carbocycles. The maximum atomic E-state index is 12.1. The molecule has 3 aromatic rings. The minimum Gasteiger partial charge on any atom is -0.448 e. The first kappa shape index (κ1) is 12.9. The molecule has 0 fully saturated rings. The lowest BCUT2D eigenvalue weighted by Crippen LogP contribution is -2.24. The molecule has 6 heteroatoms. The summed E-state index contributed by atoms with van der Waals surface area (Å²) in [6.07, 6.45) is 3.54. The molecule has 2 aromatic heterocycles. The number of fused-ring (bicyclic) bond motifs is 2. The van der Waals surface area contributed by atoms with Crippen LogP contribution in [0.4, 0.5) is 5.82 Å². The molecular formula is C16H10ClN3O2. The SMILES string of the molecule is O=C1Nc2nc(Cl)ccc2OC1=Cc1c[nH]c2ccccc12. The third kappa shape index (κ3) is 2.12. The van der Waals surface area contributed by atoms with E-state index in [2.05, 4.69) is 15.3 Å². The number of pyridine rings is 1. The second kappa shape index (κ2) is 4.89. The number of benzene rings is 1. The van der Waals surface area contributed by atoms with Gasteiger partial charge in [-0.2, -0.15) is 0 Å². The molecule has 108 valence electrons. The summed E-state index contributed by atoms with van der Waals surface area (Å²) in [7, 11) is 0. The number of halogens is 1. The van der Waals surface area contributed by atoms with Gasteiger partial charge in [-0.05, 0) is 24.3 Å². The average molecular weight is 312 g/mol. The number of nitrogens with zero attached hydrogens (tertiary/aromatic N) is 1.